The summed E-state index contributed by atoms with van der Waals surface area (Å²) in [6.45, 7) is 9.61. The number of unbranched alkanes of at least 4 members (excludes halogenated alkanes) is 8. The Balaban J connectivity index is 1.69. The number of likely N-dealkylation sites (N-methyl/N-ethyl adjacent to an activating group) is 1. The van der Waals surface area contributed by atoms with Crippen LogP contribution in [-0.4, -0.2) is 52.9 Å². The normalized spacial score (nSPS) is 15.7. The number of hydrogen-bond donors (Lipinski definition) is 0. The lowest BCUT2D eigenvalue weighted by atomic mass is 10.1. The van der Waals surface area contributed by atoms with Gasteiger partial charge in [-0.3, -0.25) is 14.9 Å². The van der Waals surface area contributed by atoms with Gasteiger partial charge in [0, 0.05) is 24.1 Å². The predicted molar refractivity (Wildman–Crippen MR) is 126 cm³/mol. The maximum absolute atomic E-state index is 12.6. The minimum Gasteiger partial charge on any atom is -0.331 e. The molecule has 0 atom stereocenters. The van der Waals surface area contributed by atoms with Gasteiger partial charge in [0.2, 0.25) is 5.91 Å². The van der Waals surface area contributed by atoms with Crippen LogP contribution >= 0.6 is 0 Å². The highest BCUT2D eigenvalue weighted by Gasteiger charge is 2.33. The minimum atomic E-state index is -0.330. The molecule has 0 unspecified atom stereocenters. The van der Waals surface area contributed by atoms with Gasteiger partial charge >= 0.3 is 0 Å². The molecule has 1 amide bonds. The predicted octanol–water partition coefficient (Wildman–Crippen LogP) is 5.69. The Morgan fingerprint density at radius 2 is 1.61 bits per heavy atom. The summed E-state index contributed by atoms with van der Waals surface area (Å²) in [4.78, 5) is 25.4. The van der Waals surface area contributed by atoms with Crippen molar-refractivity contribution in [2.45, 2.75) is 84.6 Å². The number of quaternary nitrogens is 1. The van der Waals surface area contributed by atoms with Crippen LogP contribution in [0.5, 0.6) is 0 Å². The molecule has 0 saturated carbocycles. The van der Waals surface area contributed by atoms with E-state index in [9.17, 15) is 14.9 Å². The fourth-order valence-corrected chi connectivity index (χ4v) is 4.63. The Kier molecular flexibility index (Phi) is 11.0. The van der Waals surface area contributed by atoms with E-state index in [0.717, 1.165) is 62.2 Å². The van der Waals surface area contributed by atoms with Gasteiger partial charge in [-0.25, -0.2) is 0 Å². The Morgan fingerprint density at radius 3 is 2.19 bits per heavy atom. The standard InChI is InChI=1S/C25H42N3O3/c1-3-5-6-7-8-9-10-11-12-16-25(29)26-17-19-28(4-2,20-18-26)22-23-14-13-15-24(21-23)27(30)31/h13-15,21H,3-12,16-20,22H2,1-2H3/q+1. The van der Waals surface area contributed by atoms with Gasteiger partial charge in [0.15, 0.2) is 0 Å². The van der Waals surface area contributed by atoms with Gasteiger partial charge in [0.05, 0.1) is 37.6 Å². The van der Waals surface area contributed by atoms with Crippen molar-refractivity contribution in [1.29, 1.82) is 0 Å². The van der Waals surface area contributed by atoms with E-state index in [1.54, 1.807) is 18.2 Å². The molecule has 0 radical (unpaired) electrons. The van der Waals surface area contributed by atoms with Gasteiger partial charge in [-0.05, 0) is 13.3 Å². The molecular formula is C25H42N3O3+. The summed E-state index contributed by atoms with van der Waals surface area (Å²) >= 11 is 0. The van der Waals surface area contributed by atoms with Gasteiger partial charge in [-0.2, -0.15) is 0 Å². The van der Waals surface area contributed by atoms with Crippen molar-refractivity contribution >= 4 is 11.6 Å². The van der Waals surface area contributed by atoms with Gasteiger partial charge in [0.1, 0.15) is 6.54 Å². The monoisotopic (exact) mass is 432 g/mol. The van der Waals surface area contributed by atoms with Crippen molar-refractivity contribution in [3.8, 4) is 0 Å². The van der Waals surface area contributed by atoms with E-state index in [1.165, 1.54) is 44.9 Å². The molecule has 1 aromatic rings. The first-order valence-electron chi connectivity index (χ1n) is 12.4. The lowest BCUT2D eigenvalue weighted by Crippen LogP contribution is -2.59. The number of piperazine rings is 1. The Hall–Kier alpha value is -1.95. The summed E-state index contributed by atoms with van der Waals surface area (Å²) in [5.74, 6) is 0.298. The van der Waals surface area contributed by atoms with Crippen molar-refractivity contribution < 1.29 is 14.2 Å². The average molecular weight is 433 g/mol. The molecule has 1 aliphatic heterocycles. The quantitative estimate of drug-likeness (QED) is 0.164. The van der Waals surface area contributed by atoms with Crippen LogP contribution in [0.25, 0.3) is 0 Å². The minimum absolute atomic E-state index is 0.154. The molecule has 0 aromatic heterocycles. The lowest BCUT2D eigenvalue weighted by Gasteiger charge is -2.44. The van der Waals surface area contributed by atoms with Gasteiger partial charge < -0.3 is 9.38 Å². The van der Waals surface area contributed by atoms with Crippen molar-refractivity contribution in [3.05, 3.63) is 39.9 Å². The number of amides is 1. The zero-order valence-corrected chi connectivity index (χ0v) is 19.7. The molecule has 174 valence electrons. The van der Waals surface area contributed by atoms with Crippen molar-refractivity contribution in [2.75, 3.05) is 32.7 Å². The van der Waals surface area contributed by atoms with Crippen LogP contribution in [0, 0.1) is 10.1 Å². The maximum atomic E-state index is 12.6. The number of rotatable bonds is 14. The third-order valence-electron chi connectivity index (χ3n) is 6.85. The van der Waals surface area contributed by atoms with E-state index in [2.05, 4.69) is 13.8 Å². The average Bonchev–Trinajstić information content (AvgIpc) is 2.78. The van der Waals surface area contributed by atoms with Crippen molar-refractivity contribution in [3.63, 3.8) is 0 Å². The maximum Gasteiger partial charge on any atom is 0.269 e. The van der Waals surface area contributed by atoms with Crippen molar-refractivity contribution in [2.24, 2.45) is 0 Å². The summed E-state index contributed by atoms with van der Waals surface area (Å²) in [5.41, 5.74) is 1.16. The molecule has 0 N–H and O–H groups in total. The van der Waals surface area contributed by atoms with E-state index in [0.29, 0.717) is 12.3 Å². The largest absolute Gasteiger partial charge is 0.331 e. The molecular weight excluding hydrogens is 390 g/mol. The number of benzene rings is 1. The molecule has 6 heteroatoms. The Labute approximate surface area is 188 Å². The highest BCUT2D eigenvalue weighted by molar-refractivity contribution is 5.76. The number of non-ortho nitro benzene ring substituents is 1. The van der Waals surface area contributed by atoms with Crippen LogP contribution in [0.2, 0.25) is 0 Å². The molecule has 1 heterocycles. The van der Waals surface area contributed by atoms with Crippen LogP contribution in [-0.2, 0) is 11.3 Å². The Bertz CT molecular complexity index is 684. The van der Waals surface area contributed by atoms with Crippen LogP contribution in [0.1, 0.15) is 83.6 Å². The summed E-state index contributed by atoms with van der Waals surface area (Å²) in [7, 11) is 0. The second-order valence-corrected chi connectivity index (χ2v) is 9.15. The molecule has 0 spiro atoms. The first kappa shape index (κ1) is 25.3. The van der Waals surface area contributed by atoms with E-state index in [1.807, 2.05) is 11.0 Å². The SMILES string of the molecule is CCCCCCCCCCCC(=O)N1CC[N+](CC)(Cc2cccc([N+](=O)[O-])c2)CC1. The summed E-state index contributed by atoms with van der Waals surface area (Å²) in [6, 6.07) is 6.98. The zero-order valence-electron chi connectivity index (χ0n) is 19.7. The molecule has 1 aliphatic rings. The van der Waals surface area contributed by atoms with E-state index in [4.69, 9.17) is 0 Å². The molecule has 1 saturated heterocycles. The van der Waals surface area contributed by atoms with Gasteiger partial charge in [-0.15, -0.1) is 0 Å². The van der Waals surface area contributed by atoms with E-state index in [-0.39, 0.29) is 10.6 Å². The molecule has 2 rings (SSSR count). The first-order chi connectivity index (χ1) is 15.0. The second-order valence-electron chi connectivity index (χ2n) is 9.15. The number of hydrogen-bond acceptors (Lipinski definition) is 3. The molecule has 6 nitrogen and oxygen atoms in total. The van der Waals surface area contributed by atoms with Crippen LogP contribution in [0.15, 0.2) is 24.3 Å². The fourth-order valence-electron chi connectivity index (χ4n) is 4.63. The molecule has 0 aliphatic carbocycles. The molecule has 31 heavy (non-hydrogen) atoms. The Morgan fingerprint density at radius 1 is 1.00 bits per heavy atom. The third-order valence-corrected chi connectivity index (χ3v) is 6.85. The summed E-state index contributed by atoms with van der Waals surface area (Å²) in [6.07, 6.45) is 12.1. The summed E-state index contributed by atoms with van der Waals surface area (Å²) in [5, 5.41) is 11.1. The van der Waals surface area contributed by atoms with Crippen LogP contribution < -0.4 is 0 Å². The number of nitrogens with zero attached hydrogens (tertiary/aromatic N) is 3. The first-order valence-corrected chi connectivity index (χ1v) is 12.4. The zero-order chi connectivity index (χ0) is 22.5. The molecule has 1 fully saturated rings. The van der Waals surface area contributed by atoms with Gasteiger partial charge in [-0.1, -0.05) is 70.4 Å². The van der Waals surface area contributed by atoms with Crippen LogP contribution in [0.4, 0.5) is 5.69 Å². The molecule has 0 bridgehead atoms. The highest BCUT2D eigenvalue weighted by atomic mass is 16.6. The highest BCUT2D eigenvalue weighted by Crippen LogP contribution is 2.22. The number of nitro groups is 1. The third kappa shape index (κ3) is 8.60. The second kappa shape index (κ2) is 13.5. The topological polar surface area (TPSA) is 63.5 Å². The van der Waals surface area contributed by atoms with Crippen molar-refractivity contribution in [1.82, 2.24) is 4.90 Å². The smallest absolute Gasteiger partial charge is 0.269 e. The summed E-state index contributed by atoms with van der Waals surface area (Å²) < 4.78 is 0.892. The number of nitro benzene ring substituents is 1. The molecule has 1 aromatic carbocycles. The number of carbonyl (C=O) groups is 1. The lowest BCUT2D eigenvalue weighted by molar-refractivity contribution is -0.942. The van der Waals surface area contributed by atoms with Gasteiger partial charge in [0.25, 0.3) is 5.69 Å². The number of carbonyl (C=O) groups excluding carboxylic acids is 1. The fraction of sp³-hybridized carbons (Fsp3) is 0.720. The van der Waals surface area contributed by atoms with E-state index < -0.39 is 0 Å². The van der Waals surface area contributed by atoms with Crippen LogP contribution in [0.3, 0.4) is 0 Å². The van der Waals surface area contributed by atoms with E-state index >= 15 is 0 Å².